The van der Waals surface area contributed by atoms with Crippen molar-refractivity contribution in [3.8, 4) is 0 Å². The van der Waals surface area contributed by atoms with Gasteiger partial charge >= 0.3 is 0 Å². The van der Waals surface area contributed by atoms with E-state index < -0.39 is 9.84 Å². The van der Waals surface area contributed by atoms with Gasteiger partial charge < -0.3 is 9.88 Å². The van der Waals surface area contributed by atoms with Gasteiger partial charge in [0.15, 0.2) is 9.84 Å². The molecular formula is C30H34N2O3S. The second-order valence-corrected chi connectivity index (χ2v) is 11.7. The van der Waals surface area contributed by atoms with E-state index in [0.29, 0.717) is 17.0 Å². The molecule has 1 heterocycles. The molecule has 3 aromatic carbocycles. The van der Waals surface area contributed by atoms with Crippen LogP contribution in [0.5, 0.6) is 0 Å². The Hall–Kier alpha value is -3.38. The molecule has 4 rings (SSSR count). The zero-order valence-corrected chi connectivity index (χ0v) is 22.2. The van der Waals surface area contributed by atoms with Crippen molar-refractivity contribution in [3.05, 3.63) is 101 Å². The minimum atomic E-state index is -3.23. The quantitative estimate of drug-likeness (QED) is 0.284. The van der Waals surface area contributed by atoms with Crippen LogP contribution in [0.3, 0.4) is 0 Å². The van der Waals surface area contributed by atoms with Crippen molar-refractivity contribution < 1.29 is 13.2 Å². The van der Waals surface area contributed by atoms with Crippen molar-refractivity contribution >= 4 is 26.6 Å². The molecule has 1 N–H and O–H groups in total. The molecule has 0 saturated heterocycles. The molecule has 36 heavy (non-hydrogen) atoms. The van der Waals surface area contributed by atoms with Crippen LogP contribution in [0, 0.1) is 0 Å². The lowest BCUT2D eigenvalue weighted by molar-refractivity contribution is 0.0951. The summed E-state index contributed by atoms with van der Waals surface area (Å²) in [5.74, 6) is 0.185. The zero-order chi connectivity index (χ0) is 25.9. The molecule has 1 aromatic heterocycles. The fourth-order valence-corrected chi connectivity index (χ4v) is 5.69. The first-order valence-electron chi connectivity index (χ1n) is 12.5. The summed E-state index contributed by atoms with van der Waals surface area (Å²) in [6, 6.07) is 25.6. The van der Waals surface area contributed by atoms with Crippen molar-refractivity contribution in [3.63, 3.8) is 0 Å². The molecule has 6 heteroatoms. The van der Waals surface area contributed by atoms with Crippen LogP contribution in [0.2, 0.25) is 0 Å². The molecule has 0 radical (unpaired) electrons. The lowest BCUT2D eigenvalue weighted by atomic mass is 9.93. The molecule has 0 fully saturated rings. The van der Waals surface area contributed by atoms with Gasteiger partial charge in [0.2, 0.25) is 0 Å². The molecule has 0 saturated carbocycles. The zero-order valence-electron chi connectivity index (χ0n) is 21.4. The highest BCUT2D eigenvalue weighted by Crippen LogP contribution is 2.35. The monoisotopic (exact) mass is 502 g/mol. The van der Waals surface area contributed by atoms with Gasteiger partial charge in [-0.1, -0.05) is 56.3 Å². The van der Waals surface area contributed by atoms with E-state index in [4.69, 9.17) is 0 Å². The molecule has 4 aromatic rings. The Bertz CT molecular complexity index is 1450. The number of sulfone groups is 1. The van der Waals surface area contributed by atoms with Crippen LogP contribution in [0.4, 0.5) is 0 Å². The molecule has 0 spiro atoms. The maximum Gasteiger partial charge on any atom is 0.251 e. The van der Waals surface area contributed by atoms with Gasteiger partial charge in [-0.05, 0) is 67.8 Å². The predicted octanol–water partition coefficient (Wildman–Crippen LogP) is 6.49. The average molecular weight is 503 g/mol. The predicted molar refractivity (Wildman–Crippen MR) is 146 cm³/mol. The van der Waals surface area contributed by atoms with Crippen LogP contribution in [0.25, 0.3) is 10.9 Å². The van der Waals surface area contributed by atoms with E-state index in [0.717, 1.165) is 22.9 Å². The number of nitrogens with one attached hydrogen (secondary N) is 1. The van der Waals surface area contributed by atoms with E-state index in [-0.39, 0.29) is 23.6 Å². The van der Waals surface area contributed by atoms with Gasteiger partial charge in [-0.15, -0.1) is 0 Å². The molecule has 1 unspecified atom stereocenters. The van der Waals surface area contributed by atoms with Gasteiger partial charge in [0.25, 0.3) is 5.91 Å². The first-order chi connectivity index (χ1) is 17.2. The molecule has 0 bridgehead atoms. The summed E-state index contributed by atoms with van der Waals surface area (Å²) < 4.78 is 26.4. The number of carbonyl (C=O) groups is 1. The van der Waals surface area contributed by atoms with Crippen LogP contribution in [0.1, 0.15) is 73.3 Å². The Morgan fingerprint density at radius 3 is 2.22 bits per heavy atom. The van der Waals surface area contributed by atoms with Crippen molar-refractivity contribution in [1.29, 1.82) is 0 Å². The summed E-state index contributed by atoms with van der Waals surface area (Å²) in [4.78, 5) is 13.3. The molecule has 0 aliphatic rings. The van der Waals surface area contributed by atoms with Gasteiger partial charge in [-0.3, -0.25) is 4.79 Å². The van der Waals surface area contributed by atoms with Gasteiger partial charge in [0.1, 0.15) is 0 Å². The Kier molecular flexibility index (Phi) is 7.65. The lowest BCUT2D eigenvalue weighted by Crippen LogP contribution is -2.22. The van der Waals surface area contributed by atoms with Gasteiger partial charge in [-0.2, -0.15) is 0 Å². The van der Waals surface area contributed by atoms with Crippen LogP contribution >= 0.6 is 0 Å². The Morgan fingerprint density at radius 1 is 0.917 bits per heavy atom. The summed E-state index contributed by atoms with van der Waals surface area (Å²) in [6.07, 6.45) is 0.985. The molecule has 188 valence electrons. The topological polar surface area (TPSA) is 68.2 Å². The molecule has 1 atom stereocenters. The average Bonchev–Trinajstić information content (AvgIpc) is 3.27. The second kappa shape index (κ2) is 10.7. The first-order valence-corrected chi connectivity index (χ1v) is 14.2. The van der Waals surface area contributed by atoms with Crippen molar-refractivity contribution in [2.75, 3.05) is 5.75 Å². The first kappa shape index (κ1) is 25.7. The maximum absolute atomic E-state index is 13.0. The third-order valence-electron chi connectivity index (χ3n) is 6.73. The fraction of sp³-hybridized carbons (Fsp3) is 0.300. The highest BCUT2D eigenvalue weighted by Gasteiger charge is 2.21. The third-order valence-corrected chi connectivity index (χ3v) is 8.48. The van der Waals surface area contributed by atoms with E-state index in [1.54, 1.807) is 31.2 Å². The van der Waals surface area contributed by atoms with Crippen molar-refractivity contribution in [1.82, 2.24) is 9.88 Å². The maximum atomic E-state index is 13.0. The molecule has 0 aliphatic carbocycles. The number of benzene rings is 3. The molecule has 5 nitrogen and oxygen atoms in total. The van der Waals surface area contributed by atoms with Crippen LogP contribution in [-0.2, 0) is 16.4 Å². The number of carbonyl (C=O) groups excluding carboxylic acids is 1. The number of amides is 1. The highest BCUT2D eigenvalue weighted by molar-refractivity contribution is 7.91. The normalized spacial score (nSPS) is 12.7. The van der Waals surface area contributed by atoms with Gasteiger partial charge in [0.05, 0.1) is 10.6 Å². The van der Waals surface area contributed by atoms with Gasteiger partial charge in [-0.25, -0.2) is 8.42 Å². The Labute approximate surface area is 214 Å². The Balaban J connectivity index is 1.58. The summed E-state index contributed by atoms with van der Waals surface area (Å²) in [7, 11) is -3.23. The number of nitrogens with zero attached hydrogens (tertiary/aromatic N) is 1. The number of fused-ring (bicyclic) bond motifs is 1. The lowest BCUT2D eigenvalue weighted by Gasteiger charge is -2.22. The molecular weight excluding hydrogens is 468 g/mol. The largest absolute Gasteiger partial charge is 0.348 e. The van der Waals surface area contributed by atoms with Crippen molar-refractivity contribution in [2.45, 2.75) is 57.5 Å². The second-order valence-electron chi connectivity index (χ2n) is 9.41. The van der Waals surface area contributed by atoms with Crippen LogP contribution < -0.4 is 5.32 Å². The highest BCUT2D eigenvalue weighted by atomic mass is 32.2. The number of rotatable bonds is 9. The minimum Gasteiger partial charge on any atom is -0.348 e. The number of aromatic nitrogens is 1. The summed E-state index contributed by atoms with van der Waals surface area (Å²) in [6.45, 7) is 8.55. The summed E-state index contributed by atoms with van der Waals surface area (Å²) >= 11 is 0. The number of hydrogen-bond donors (Lipinski definition) is 1. The van der Waals surface area contributed by atoms with E-state index in [2.05, 4.69) is 61.0 Å². The molecule has 0 aliphatic heterocycles. The van der Waals surface area contributed by atoms with E-state index in [9.17, 15) is 13.2 Å². The fourth-order valence-electron chi connectivity index (χ4n) is 4.81. The van der Waals surface area contributed by atoms with Crippen LogP contribution in [-0.4, -0.2) is 24.6 Å². The Morgan fingerprint density at radius 2 is 1.61 bits per heavy atom. The van der Waals surface area contributed by atoms with E-state index in [1.165, 1.54) is 11.3 Å². The summed E-state index contributed by atoms with van der Waals surface area (Å²) in [5, 5.41) is 4.01. The minimum absolute atomic E-state index is 0.0656. The van der Waals surface area contributed by atoms with E-state index in [1.807, 2.05) is 24.3 Å². The number of hydrogen-bond acceptors (Lipinski definition) is 3. The SMILES string of the molecule is CCC(c1ccccc1)c1cc2cc(C(=O)NCc3ccc(S(=O)(=O)CC)cc3)ccc2n1C(C)C. The third kappa shape index (κ3) is 5.24. The van der Waals surface area contributed by atoms with E-state index >= 15 is 0 Å². The summed E-state index contributed by atoms with van der Waals surface area (Å²) in [5.41, 5.74) is 5.13. The smallest absolute Gasteiger partial charge is 0.251 e. The standard InChI is InChI=1S/C30H34N2O3S/c1-5-27(23-10-8-7-9-11-23)29-19-25-18-24(14-17-28(25)32(29)21(3)4)30(33)31-20-22-12-15-26(16-13-22)36(34,35)6-2/h7-19,21,27H,5-6,20H2,1-4H3,(H,31,33). The van der Waals surface area contributed by atoms with Crippen molar-refractivity contribution in [2.24, 2.45) is 0 Å². The van der Waals surface area contributed by atoms with Gasteiger partial charge in [0, 0.05) is 40.7 Å². The van der Waals surface area contributed by atoms with Crippen LogP contribution in [0.15, 0.2) is 83.8 Å². The molecule has 1 amide bonds.